The second-order valence-corrected chi connectivity index (χ2v) is 5.98. The van der Waals surface area contributed by atoms with Gasteiger partial charge in [0.05, 0.1) is 23.6 Å². The SMILES string of the molecule is COc1c(Br)cc(C(CC(=O)O)C2CC2)cc1C(F)(F)F. The summed E-state index contributed by atoms with van der Waals surface area (Å²) in [7, 11) is 1.17. The highest BCUT2D eigenvalue weighted by Crippen LogP contribution is 2.48. The molecule has 0 aromatic heterocycles. The van der Waals surface area contributed by atoms with Crippen LogP contribution in [0.2, 0.25) is 0 Å². The van der Waals surface area contributed by atoms with Gasteiger partial charge in [-0.15, -0.1) is 0 Å². The molecule has 0 bridgehead atoms. The number of rotatable bonds is 5. The van der Waals surface area contributed by atoms with E-state index in [4.69, 9.17) is 9.84 Å². The first-order valence-corrected chi connectivity index (χ1v) is 7.19. The Morgan fingerprint density at radius 2 is 2.10 bits per heavy atom. The summed E-state index contributed by atoms with van der Waals surface area (Å²) in [6.45, 7) is 0. The lowest BCUT2D eigenvalue weighted by Crippen LogP contribution is -2.13. The average Bonchev–Trinajstić information content (AvgIpc) is 3.17. The molecule has 116 valence electrons. The highest BCUT2D eigenvalue weighted by atomic mass is 79.9. The highest BCUT2D eigenvalue weighted by Gasteiger charge is 2.39. The first-order valence-electron chi connectivity index (χ1n) is 6.40. The second-order valence-electron chi connectivity index (χ2n) is 5.12. The molecule has 0 saturated heterocycles. The van der Waals surface area contributed by atoms with Gasteiger partial charge in [0.15, 0.2) is 0 Å². The summed E-state index contributed by atoms with van der Waals surface area (Å²) in [5, 5.41) is 8.96. The summed E-state index contributed by atoms with van der Waals surface area (Å²) in [6.07, 6.45) is -3.02. The van der Waals surface area contributed by atoms with Crippen molar-refractivity contribution in [2.75, 3.05) is 7.11 Å². The third-order valence-electron chi connectivity index (χ3n) is 3.59. The van der Waals surface area contributed by atoms with E-state index in [9.17, 15) is 18.0 Å². The maximum atomic E-state index is 13.1. The van der Waals surface area contributed by atoms with Crippen molar-refractivity contribution in [1.82, 2.24) is 0 Å². The Morgan fingerprint density at radius 1 is 1.48 bits per heavy atom. The van der Waals surface area contributed by atoms with Gasteiger partial charge < -0.3 is 9.84 Å². The number of hydrogen-bond acceptors (Lipinski definition) is 2. The zero-order valence-electron chi connectivity index (χ0n) is 11.2. The third kappa shape index (κ3) is 3.70. The smallest absolute Gasteiger partial charge is 0.420 e. The highest BCUT2D eigenvalue weighted by molar-refractivity contribution is 9.10. The van der Waals surface area contributed by atoms with E-state index in [-0.39, 0.29) is 22.6 Å². The average molecular weight is 367 g/mol. The molecular formula is C14H14BrF3O3. The molecule has 0 spiro atoms. The predicted octanol–water partition coefficient (Wildman–Crippen LogP) is 4.44. The van der Waals surface area contributed by atoms with Crippen molar-refractivity contribution in [3.05, 3.63) is 27.7 Å². The second kappa shape index (κ2) is 5.87. The van der Waals surface area contributed by atoms with Crippen LogP contribution in [-0.2, 0) is 11.0 Å². The van der Waals surface area contributed by atoms with Crippen molar-refractivity contribution < 1.29 is 27.8 Å². The molecule has 1 N–H and O–H groups in total. The van der Waals surface area contributed by atoms with E-state index in [2.05, 4.69) is 15.9 Å². The van der Waals surface area contributed by atoms with Gasteiger partial charge in [-0.25, -0.2) is 0 Å². The van der Waals surface area contributed by atoms with Crippen LogP contribution in [-0.4, -0.2) is 18.2 Å². The quantitative estimate of drug-likeness (QED) is 0.837. The van der Waals surface area contributed by atoms with E-state index in [1.165, 1.54) is 13.2 Å². The fraction of sp³-hybridized carbons (Fsp3) is 0.500. The lowest BCUT2D eigenvalue weighted by atomic mass is 9.89. The van der Waals surface area contributed by atoms with Crippen LogP contribution in [0.15, 0.2) is 16.6 Å². The minimum absolute atomic E-state index is 0.141. The Hall–Kier alpha value is -1.24. The summed E-state index contributed by atoms with van der Waals surface area (Å²) in [5.74, 6) is -1.54. The molecule has 1 atom stereocenters. The summed E-state index contributed by atoms with van der Waals surface area (Å²) in [5.41, 5.74) is -0.495. The van der Waals surface area contributed by atoms with Crippen LogP contribution in [0.5, 0.6) is 5.75 Å². The van der Waals surface area contributed by atoms with Crippen LogP contribution < -0.4 is 4.74 Å². The molecule has 1 unspecified atom stereocenters. The number of carbonyl (C=O) groups is 1. The van der Waals surface area contributed by atoms with Crippen molar-refractivity contribution in [2.45, 2.75) is 31.4 Å². The van der Waals surface area contributed by atoms with Gasteiger partial charge in [0.1, 0.15) is 5.75 Å². The molecule has 2 rings (SSSR count). The van der Waals surface area contributed by atoms with Crippen LogP contribution in [0.4, 0.5) is 13.2 Å². The Bertz CT molecular complexity index is 553. The van der Waals surface area contributed by atoms with Crippen molar-refractivity contribution in [1.29, 1.82) is 0 Å². The number of methoxy groups -OCH3 is 1. The van der Waals surface area contributed by atoms with E-state index in [0.29, 0.717) is 5.56 Å². The van der Waals surface area contributed by atoms with E-state index in [1.54, 1.807) is 0 Å². The van der Waals surface area contributed by atoms with E-state index in [1.807, 2.05) is 0 Å². The molecule has 0 heterocycles. The molecule has 1 aromatic rings. The Kier molecular flexibility index (Phi) is 4.51. The fourth-order valence-corrected chi connectivity index (χ4v) is 3.13. The zero-order chi connectivity index (χ0) is 15.8. The maximum Gasteiger partial charge on any atom is 0.420 e. The van der Waals surface area contributed by atoms with E-state index < -0.39 is 23.6 Å². The predicted molar refractivity (Wildman–Crippen MR) is 73.4 cm³/mol. The van der Waals surface area contributed by atoms with E-state index >= 15 is 0 Å². The Morgan fingerprint density at radius 3 is 2.52 bits per heavy atom. The molecule has 3 nitrogen and oxygen atoms in total. The molecule has 1 aliphatic rings. The lowest BCUT2D eigenvalue weighted by molar-refractivity contribution is -0.139. The molecule has 0 aliphatic heterocycles. The van der Waals surface area contributed by atoms with Crippen LogP contribution >= 0.6 is 15.9 Å². The number of carboxylic acid groups (broad SMARTS) is 1. The number of halogens is 4. The van der Waals surface area contributed by atoms with Gasteiger partial charge in [-0.3, -0.25) is 4.79 Å². The van der Waals surface area contributed by atoms with Crippen molar-refractivity contribution >= 4 is 21.9 Å². The summed E-state index contributed by atoms with van der Waals surface area (Å²) >= 11 is 3.08. The van der Waals surface area contributed by atoms with Crippen molar-refractivity contribution in [2.24, 2.45) is 5.92 Å². The van der Waals surface area contributed by atoms with Crippen LogP contribution in [0.25, 0.3) is 0 Å². The maximum absolute atomic E-state index is 13.1. The molecule has 0 radical (unpaired) electrons. The standard InChI is InChI=1S/C14H14BrF3O3/c1-21-13-10(14(16,17)18)4-8(5-11(13)15)9(6-12(19)20)7-2-3-7/h4-5,7,9H,2-3,6H2,1H3,(H,19,20). The number of carboxylic acids is 1. The van der Waals surface area contributed by atoms with Gasteiger partial charge in [0.25, 0.3) is 0 Å². The Balaban J connectivity index is 2.48. The summed E-state index contributed by atoms with van der Waals surface area (Å²) in [6, 6.07) is 2.54. The minimum atomic E-state index is -4.55. The first-order chi connectivity index (χ1) is 9.74. The molecule has 1 aliphatic carbocycles. The van der Waals surface area contributed by atoms with Crippen molar-refractivity contribution in [3.8, 4) is 5.75 Å². The third-order valence-corrected chi connectivity index (χ3v) is 4.18. The Labute approximate surface area is 128 Å². The van der Waals surface area contributed by atoms with Gasteiger partial charge in [-0.1, -0.05) is 0 Å². The number of hydrogen-bond donors (Lipinski definition) is 1. The molecule has 1 saturated carbocycles. The van der Waals surface area contributed by atoms with Crippen LogP contribution in [0, 0.1) is 5.92 Å². The largest absolute Gasteiger partial charge is 0.495 e. The topological polar surface area (TPSA) is 46.5 Å². The fourth-order valence-electron chi connectivity index (χ4n) is 2.49. The van der Waals surface area contributed by atoms with Gasteiger partial charge in [0, 0.05) is 0 Å². The van der Waals surface area contributed by atoms with Crippen molar-refractivity contribution in [3.63, 3.8) is 0 Å². The monoisotopic (exact) mass is 366 g/mol. The van der Waals surface area contributed by atoms with Gasteiger partial charge in [-0.05, 0) is 58.3 Å². The number of benzene rings is 1. The molecular weight excluding hydrogens is 353 g/mol. The minimum Gasteiger partial charge on any atom is -0.495 e. The van der Waals surface area contributed by atoms with Gasteiger partial charge in [-0.2, -0.15) is 13.2 Å². The lowest BCUT2D eigenvalue weighted by Gasteiger charge is -2.20. The van der Waals surface area contributed by atoms with Gasteiger partial charge >= 0.3 is 12.1 Å². The molecule has 1 aromatic carbocycles. The van der Waals surface area contributed by atoms with E-state index in [0.717, 1.165) is 18.9 Å². The van der Waals surface area contributed by atoms with Crippen LogP contribution in [0.3, 0.4) is 0 Å². The van der Waals surface area contributed by atoms with Crippen LogP contribution in [0.1, 0.15) is 36.3 Å². The number of ether oxygens (including phenoxy) is 1. The number of aliphatic carboxylic acids is 1. The summed E-state index contributed by atoms with van der Waals surface area (Å²) in [4.78, 5) is 10.9. The zero-order valence-corrected chi connectivity index (χ0v) is 12.8. The normalized spacial score (nSPS) is 16.6. The first kappa shape index (κ1) is 16.1. The molecule has 1 fully saturated rings. The molecule has 0 amide bonds. The number of alkyl halides is 3. The summed E-state index contributed by atoms with van der Waals surface area (Å²) < 4.78 is 44.4. The molecule has 21 heavy (non-hydrogen) atoms. The van der Waals surface area contributed by atoms with Gasteiger partial charge in [0.2, 0.25) is 0 Å². The molecule has 7 heteroatoms.